The molecule has 0 aliphatic carbocycles. The number of hydrogen-bond acceptors (Lipinski definition) is 5. The van der Waals surface area contributed by atoms with Crippen molar-refractivity contribution in [2.75, 3.05) is 19.7 Å². The summed E-state index contributed by atoms with van der Waals surface area (Å²) in [6.07, 6.45) is 1.65. The molecule has 1 N–H and O–H groups in total. The third-order valence-corrected chi connectivity index (χ3v) is 4.83. The fourth-order valence-corrected chi connectivity index (χ4v) is 3.48. The molecule has 6 heteroatoms. The Bertz CT molecular complexity index is 780. The molecule has 0 atom stereocenters. The molecule has 3 rings (SSSR count). The molecular formula is C21H24N2O3S. The van der Waals surface area contributed by atoms with Crippen molar-refractivity contribution in [2.24, 2.45) is 0 Å². The summed E-state index contributed by atoms with van der Waals surface area (Å²) in [4.78, 5) is 15.6. The summed E-state index contributed by atoms with van der Waals surface area (Å²) in [5.74, 6) is 1.65. The maximum absolute atomic E-state index is 12.3. The van der Waals surface area contributed by atoms with Crippen molar-refractivity contribution in [3.8, 4) is 5.75 Å². The Kier molecular flexibility index (Phi) is 7.07. The molecule has 0 bridgehead atoms. The highest BCUT2D eigenvalue weighted by Gasteiger charge is 2.14. The first-order valence-electron chi connectivity index (χ1n) is 8.92. The molecule has 142 valence electrons. The van der Waals surface area contributed by atoms with Gasteiger partial charge in [-0.2, -0.15) is 0 Å². The van der Waals surface area contributed by atoms with Gasteiger partial charge in [-0.05, 0) is 48.2 Å². The number of nitrogens with zero attached hydrogens (tertiary/aromatic N) is 1. The number of hydrogen-bond donors (Lipinski definition) is 1. The van der Waals surface area contributed by atoms with Crippen molar-refractivity contribution in [3.05, 3.63) is 76.4 Å². The standard InChI is InChI=1S/C21H24N2O3S/c1-17-5-2-6-18(13-17)26-11-9-22-21(24)16-23(14-19-7-3-10-25-19)15-20-8-4-12-27-20/h2-8,10,12-13H,9,11,14-16H2,1H3,(H,22,24). The zero-order valence-corrected chi connectivity index (χ0v) is 16.2. The monoisotopic (exact) mass is 384 g/mol. The van der Waals surface area contributed by atoms with Crippen LogP contribution in [0.4, 0.5) is 0 Å². The van der Waals surface area contributed by atoms with E-state index < -0.39 is 0 Å². The van der Waals surface area contributed by atoms with Crippen LogP contribution in [-0.4, -0.2) is 30.5 Å². The van der Waals surface area contributed by atoms with Gasteiger partial charge in [0.15, 0.2) is 0 Å². The largest absolute Gasteiger partial charge is 0.492 e. The van der Waals surface area contributed by atoms with Crippen molar-refractivity contribution in [1.29, 1.82) is 0 Å². The summed E-state index contributed by atoms with van der Waals surface area (Å²) >= 11 is 1.69. The van der Waals surface area contributed by atoms with E-state index in [1.54, 1.807) is 17.6 Å². The lowest BCUT2D eigenvalue weighted by Gasteiger charge is -2.20. The zero-order chi connectivity index (χ0) is 18.9. The summed E-state index contributed by atoms with van der Waals surface area (Å²) < 4.78 is 11.1. The second kappa shape index (κ2) is 9.94. The van der Waals surface area contributed by atoms with E-state index in [2.05, 4.69) is 16.3 Å². The highest BCUT2D eigenvalue weighted by molar-refractivity contribution is 7.09. The average Bonchev–Trinajstić information content (AvgIpc) is 3.33. The lowest BCUT2D eigenvalue weighted by atomic mass is 10.2. The molecule has 5 nitrogen and oxygen atoms in total. The molecule has 0 fully saturated rings. The zero-order valence-electron chi connectivity index (χ0n) is 15.4. The molecule has 0 aliphatic rings. The number of benzene rings is 1. The van der Waals surface area contributed by atoms with Crippen LogP contribution in [0.2, 0.25) is 0 Å². The van der Waals surface area contributed by atoms with Crippen LogP contribution in [-0.2, 0) is 17.9 Å². The Labute approximate surface area is 163 Å². The summed E-state index contributed by atoms with van der Waals surface area (Å²) in [5, 5.41) is 4.97. The Balaban J connectivity index is 1.45. The lowest BCUT2D eigenvalue weighted by Crippen LogP contribution is -2.38. The van der Waals surface area contributed by atoms with Crippen LogP contribution < -0.4 is 10.1 Å². The van der Waals surface area contributed by atoms with Gasteiger partial charge in [-0.15, -0.1) is 11.3 Å². The molecule has 0 aliphatic heterocycles. The fourth-order valence-electron chi connectivity index (χ4n) is 2.74. The number of furan rings is 1. The molecule has 0 saturated heterocycles. The van der Waals surface area contributed by atoms with Crippen molar-refractivity contribution < 1.29 is 13.9 Å². The first-order valence-corrected chi connectivity index (χ1v) is 9.80. The number of nitrogens with one attached hydrogen (secondary N) is 1. The predicted octanol–water partition coefficient (Wildman–Crippen LogP) is 3.85. The van der Waals surface area contributed by atoms with Crippen LogP contribution in [0.1, 0.15) is 16.2 Å². The third-order valence-electron chi connectivity index (χ3n) is 3.97. The number of aryl methyl sites for hydroxylation is 1. The Morgan fingerprint density at radius 3 is 2.85 bits per heavy atom. The topological polar surface area (TPSA) is 54.7 Å². The van der Waals surface area contributed by atoms with Gasteiger partial charge >= 0.3 is 0 Å². The predicted molar refractivity (Wildman–Crippen MR) is 107 cm³/mol. The molecule has 0 unspecified atom stereocenters. The lowest BCUT2D eigenvalue weighted by molar-refractivity contribution is -0.122. The van der Waals surface area contributed by atoms with Gasteiger partial charge in [0.1, 0.15) is 18.1 Å². The second-order valence-electron chi connectivity index (χ2n) is 6.32. The molecule has 0 radical (unpaired) electrons. The SMILES string of the molecule is Cc1cccc(OCCNC(=O)CN(Cc2ccco2)Cc2cccs2)c1. The van der Waals surface area contributed by atoms with Crippen LogP contribution in [0.3, 0.4) is 0 Å². The van der Waals surface area contributed by atoms with E-state index in [-0.39, 0.29) is 5.91 Å². The summed E-state index contributed by atoms with van der Waals surface area (Å²) in [7, 11) is 0. The maximum Gasteiger partial charge on any atom is 0.234 e. The van der Waals surface area contributed by atoms with Gasteiger partial charge < -0.3 is 14.5 Å². The van der Waals surface area contributed by atoms with Gasteiger partial charge in [0, 0.05) is 11.4 Å². The molecule has 0 saturated carbocycles. The molecule has 0 spiro atoms. The van der Waals surface area contributed by atoms with Crippen LogP contribution in [0.5, 0.6) is 5.75 Å². The highest BCUT2D eigenvalue weighted by Crippen LogP contribution is 2.15. The number of rotatable bonds is 10. The molecule has 27 heavy (non-hydrogen) atoms. The van der Waals surface area contributed by atoms with E-state index in [4.69, 9.17) is 9.15 Å². The van der Waals surface area contributed by atoms with Crippen LogP contribution in [0.25, 0.3) is 0 Å². The number of carbonyl (C=O) groups is 1. The molecule has 3 aromatic rings. The minimum Gasteiger partial charge on any atom is -0.492 e. The third kappa shape index (κ3) is 6.58. The summed E-state index contributed by atoms with van der Waals surface area (Å²) in [6.45, 7) is 4.56. The molecule has 2 aromatic heterocycles. The number of thiophene rings is 1. The van der Waals surface area contributed by atoms with Crippen molar-refractivity contribution in [3.63, 3.8) is 0 Å². The minimum absolute atomic E-state index is 0.0223. The molecular weight excluding hydrogens is 360 g/mol. The summed E-state index contributed by atoms with van der Waals surface area (Å²) in [6, 6.07) is 15.8. The highest BCUT2D eigenvalue weighted by atomic mass is 32.1. The number of amides is 1. The van der Waals surface area contributed by atoms with Gasteiger partial charge in [-0.1, -0.05) is 18.2 Å². The van der Waals surface area contributed by atoms with Crippen LogP contribution >= 0.6 is 11.3 Å². The Hall–Kier alpha value is -2.57. The van der Waals surface area contributed by atoms with Crippen LogP contribution in [0.15, 0.2) is 64.6 Å². The fraction of sp³-hybridized carbons (Fsp3) is 0.286. The molecule has 2 heterocycles. The van der Waals surface area contributed by atoms with Gasteiger partial charge in [0.2, 0.25) is 5.91 Å². The Morgan fingerprint density at radius 1 is 1.19 bits per heavy atom. The van der Waals surface area contributed by atoms with Crippen molar-refractivity contribution in [2.45, 2.75) is 20.0 Å². The van der Waals surface area contributed by atoms with Crippen LogP contribution in [0, 0.1) is 6.92 Å². The number of carbonyl (C=O) groups excluding carboxylic acids is 1. The van der Waals surface area contributed by atoms with E-state index in [9.17, 15) is 4.79 Å². The molecule has 1 amide bonds. The van der Waals surface area contributed by atoms with Crippen molar-refractivity contribution in [1.82, 2.24) is 10.2 Å². The minimum atomic E-state index is -0.0223. The smallest absolute Gasteiger partial charge is 0.234 e. The first-order chi connectivity index (χ1) is 13.2. The van der Waals surface area contributed by atoms with E-state index in [0.29, 0.717) is 32.8 Å². The van der Waals surface area contributed by atoms with Crippen molar-refractivity contribution >= 4 is 17.2 Å². The van der Waals surface area contributed by atoms with E-state index in [1.165, 1.54) is 4.88 Å². The maximum atomic E-state index is 12.3. The quantitative estimate of drug-likeness (QED) is 0.540. The Morgan fingerprint density at radius 2 is 2.11 bits per heavy atom. The van der Waals surface area contributed by atoms with E-state index in [0.717, 1.165) is 17.1 Å². The van der Waals surface area contributed by atoms with Gasteiger partial charge in [0.05, 0.1) is 25.9 Å². The average molecular weight is 385 g/mol. The first kappa shape index (κ1) is 19.2. The summed E-state index contributed by atoms with van der Waals surface area (Å²) in [5.41, 5.74) is 1.15. The van der Waals surface area contributed by atoms with Gasteiger partial charge in [-0.3, -0.25) is 9.69 Å². The van der Waals surface area contributed by atoms with Gasteiger partial charge in [-0.25, -0.2) is 0 Å². The number of ether oxygens (including phenoxy) is 1. The molecule has 1 aromatic carbocycles. The van der Waals surface area contributed by atoms with E-state index >= 15 is 0 Å². The van der Waals surface area contributed by atoms with Gasteiger partial charge in [0.25, 0.3) is 0 Å². The second-order valence-corrected chi connectivity index (χ2v) is 7.35. The normalized spacial score (nSPS) is 10.9. The van der Waals surface area contributed by atoms with E-state index in [1.807, 2.05) is 54.8 Å².